The van der Waals surface area contributed by atoms with Crippen molar-refractivity contribution in [2.75, 3.05) is 26.4 Å². The number of phosphoric ester groups is 1. The highest BCUT2D eigenvalue weighted by molar-refractivity contribution is 7.45. The summed E-state index contributed by atoms with van der Waals surface area (Å²) in [5, 5.41) is 0. The Hall–Kier alpha value is -0.990. The van der Waals surface area contributed by atoms with Crippen molar-refractivity contribution < 1.29 is 43.3 Å². The molecule has 0 spiro atoms. The molecule has 6 atom stereocenters. The lowest BCUT2D eigenvalue weighted by atomic mass is 10.0. The second-order valence-corrected chi connectivity index (χ2v) is 17.9. The second-order valence-electron chi connectivity index (χ2n) is 16.5. The van der Waals surface area contributed by atoms with Crippen molar-refractivity contribution in [1.82, 2.24) is 0 Å². The number of carbonyl (C=O) groups is 2. The molecule has 9 nitrogen and oxygen atoms in total. The number of phosphoric acid groups is 1. The summed E-state index contributed by atoms with van der Waals surface area (Å²) in [4.78, 5) is 37.1. The van der Waals surface area contributed by atoms with Gasteiger partial charge in [0.05, 0.1) is 13.2 Å². The van der Waals surface area contributed by atoms with Gasteiger partial charge >= 0.3 is 11.9 Å². The summed E-state index contributed by atoms with van der Waals surface area (Å²) in [6, 6.07) is 0. The third-order valence-corrected chi connectivity index (χ3v) is 12.4. The molecule has 0 aromatic carbocycles. The third-order valence-electron chi connectivity index (χ3n) is 11.4. The maximum atomic E-state index is 12.6. The van der Waals surface area contributed by atoms with Crippen LogP contribution in [0.3, 0.4) is 0 Å². The van der Waals surface area contributed by atoms with Crippen molar-refractivity contribution in [1.29, 1.82) is 0 Å². The van der Waals surface area contributed by atoms with Crippen LogP contribution >= 0.6 is 7.82 Å². The molecule has 5 unspecified atom stereocenters. The molecule has 0 aromatic heterocycles. The van der Waals surface area contributed by atoms with Crippen molar-refractivity contribution in [3.63, 3.8) is 0 Å². The van der Waals surface area contributed by atoms with Gasteiger partial charge in [-0.3, -0.25) is 14.2 Å². The van der Waals surface area contributed by atoms with Crippen molar-refractivity contribution in [3.05, 3.63) is 0 Å². The molecule has 2 aliphatic carbocycles. The Morgan fingerprint density at radius 1 is 0.585 bits per heavy atom. The number of quaternary nitrogens is 1. The summed E-state index contributed by atoms with van der Waals surface area (Å²) in [5.74, 6) is 3.20. The lowest BCUT2D eigenvalue weighted by Crippen LogP contribution is -2.52. The van der Waals surface area contributed by atoms with Gasteiger partial charge in [0.2, 0.25) is 0 Å². The second kappa shape index (κ2) is 31.1. The van der Waals surface area contributed by atoms with E-state index < -0.39 is 26.5 Å². The number of hydrogen-bond donors (Lipinski definition) is 1. The summed E-state index contributed by atoms with van der Waals surface area (Å²) in [6.45, 7) is 4.01. The summed E-state index contributed by atoms with van der Waals surface area (Å²) in [5.41, 5.74) is 3.56. The van der Waals surface area contributed by atoms with Crippen LogP contribution in [-0.2, 0) is 32.7 Å². The lowest BCUT2D eigenvalue weighted by Gasteiger charge is -2.25. The van der Waals surface area contributed by atoms with E-state index in [0.717, 1.165) is 55.8 Å². The molecular weight excluding hydrogens is 689 g/mol. The molecule has 2 aliphatic rings. The highest BCUT2D eigenvalue weighted by Crippen LogP contribution is 2.46. The maximum absolute atomic E-state index is 12.6. The third kappa shape index (κ3) is 27.3. The molecule has 0 radical (unpaired) electrons. The molecule has 0 heterocycles. The molecular formula is C43H82NO8P. The van der Waals surface area contributed by atoms with E-state index in [1.807, 2.05) is 0 Å². The Morgan fingerprint density at radius 2 is 0.981 bits per heavy atom. The average Bonchev–Trinajstić information content (AvgIpc) is 4.07. The van der Waals surface area contributed by atoms with Gasteiger partial charge in [0.25, 0.3) is 7.82 Å². The van der Waals surface area contributed by atoms with Crippen molar-refractivity contribution in [3.8, 4) is 0 Å². The SMILES string of the molecule is CCCCCCC1CC1CCCCCCCCCC(=O)OC[C@H](COP(=O)([O-])OCC[NH3+])OC(=O)CCCCCCCCCC1CC1CCCCCC. The Labute approximate surface area is 325 Å². The van der Waals surface area contributed by atoms with Gasteiger partial charge in [-0.15, -0.1) is 0 Å². The number of carbonyl (C=O) groups excluding carboxylic acids is 2. The van der Waals surface area contributed by atoms with Crippen LogP contribution in [0.5, 0.6) is 0 Å². The largest absolute Gasteiger partial charge is 0.756 e. The summed E-state index contributed by atoms with van der Waals surface area (Å²) in [7, 11) is -4.58. The van der Waals surface area contributed by atoms with E-state index in [1.54, 1.807) is 0 Å². The molecule has 0 saturated heterocycles. The van der Waals surface area contributed by atoms with Gasteiger partial charge in [0.1, 0.15) is 13.2 Å². The molecule has 0 amide bonds. The van der Waals surface area contributed by atoms with E-state index in [0.29, 0.717) is 6.42 Å². The zero-order chi connectivity index (χ0) is 38.4. The first-order valence-electron chi connectivity index (χ1n) is 22.5. The van der Waals surface area contributed by atoms with Crippen molar-refractivity contribution >= 4 is 19.8 Å². The molecule has 53 heavy (non-hydrogen) atoms. The van der Waals surface area contributed by atoms with E-state index in [2.05, 4.69) is 19.6 Å². The number of hydrogen-bond acceptors (Lipinski definition) is 8. The topological polar surface area (TPSA) is 139 Å². The van der Waals surface area contributed by atoms with Gasteiger partial charge in [-0.1, -0.05) is 168 Å². The monoisotopic (exact) mass is 772 g/mol. The minimum absolute atomic E-state index is 0.0967. The molecule has 2 saturated carbocycles. The van der Waals surface area contributed by atoms with Gasteiger partial charge in [-0.05, 0) is 49.4 Å². The molecule has 312 valence electrons. The van der Waals surface area contributed by atoms with Crippen LogP contribution in [0.1, 0.15) is 206 Å². The molecule has 0 aliphatic heterocycles. The standard InChI is InChI=1S/C43H82NO8P/c1-3-5-7-19-25-37-33-39(37)27-21-15-11-9-13-17-23-29-42(45)49-35-41(36-51-53(47,48)50-32-31-44)52-43(46)30-24-18-14-10-12-16-22-28-40-34-38(40)26-20-8-6-4-2/h37-41H,3-36,44H2,1-2H3,(H,47,48)/t37?,38?,39?,40?,41-/m1/s1. The van der Waals surface area contributed by atoms with Crippen LogP contribution in [0, 0.1) is 23.7 Å². The molecule has 2 rings (SSSR count). The molecule has 0 aromatic rings. The van der Waals surface area contributed by atoms with Crippen LogP contribution in [-0.4, -0.2) is 44.4 Å². The maximum Gasteiger partial charge on any atom is 0.306 e. The van der Waals surface area contributed by atoms with Crippen LogP contribution in [0.2, 0.25) is 0 Å². The Balaban J connectivity index is 1.50. The van der Waals surface area contributed by atoms with E-state index in [-0.39, 0.29) is 38.6 Å². The summed E-state index contributed by atoms with van der Waals surface area (Å²) >= 11 is 0. The van der Waals surface area contributed by atoms with Crippen LogP contribution in [0.15, 0.2) is 0 Å². The van der Waals surface area contributed by atoms with E-state index in [9.17, 15) is 19.0 Å². The normalized spacial score (nSPS) is 20.9. The predicted octanol–water partition coefficient (Wildman–Crippen LogP) is 10.4. The minimum atomic E-state index is -4.58. The average molecular weight is 772 g/mol. The zero-order valence-electron chi connectivity index (χ0n) is 34.3. The first-order valence-corrected chi connectivity index (χ1v) is 24.0. The van der Waals surface area contributed by atoms with Crippen molar-refractivity contribution in [2.24, 2.45) is 23.7 Å². The smallest absolute Gasteiger partial charge is 0.306 e. The highest BCUT2D eigenvalue weighted by Gasteiger charge is 2.35. The lowest BCUT2D eigenvalue weighted by molar-refractivity contribution is -0.373. The first kappa shape index (κ1) is 48.2. The van der Waals surface area contributed by atoms with Crippen LogP contribution in [0.25, 0.3) is 0 Å². The fourth-order valence-electron chi connectivity index (χ4n) is 7.83. The van der Waals surface area contributed by atoms with E-state index in [4.69, 9.17) is 18.5 Å². The number of unbranched alkanes of at least 4 members (excludes halogenated alkanes) is 18. The van der Waals surface area contributed by atoms with E-state index >= 15 is 0 Å². The minimum Gasteiger partial charge on any atom is -0.756 e. The molecule has 2 fully saturated rings. The Bertz CT molecular complexity index is 967. The van der Waals surface area contributed by atoms with E-state index in [1.165, 1.54) is 141 Å². The summed E-state index contributed by atoms with van der Waals surface area (Å²) < 4.78 is 32.6. The molecule has 10 heteroatoms. The van der Waals surface area contributed by atoms with Gasteiger partial charge in [0, 0.05) is 12.8 Å². The Morgan fingerprint density at radius 3 is 1.42 bits per heavy atom. The van der Waals surface area contributed by atoms with Gasteiger partial charge in [-0.25, -0.2) is 0 Å². The van der Waals surface area contributed by atoms with Crippen LogP contribution in [0.4, 0.5) is 0 Å². The zero-order valence-corrected chi connectivity index (χ0v) is 35.2. The number of ether oxygens (including phenoxy) is 2. The number of esters is 2. The molecule has 0 bridgehead atoms. The van der Waals surface area contributed by atoms with Gasteiger partial charge < -0.3 is 29.1 Å². The highest BCUT2D eigenvalue weighted by atomic mass is 31.2. The predicted molar refractivity (Wildman–Crippen MR) is 212 cm³/mol. The molecule has 3 N–H and O–H groups in total. The fourth-order valence-corrected chi connectivity index (χ4v) is 8.60. The number of rotatable bonds is 39. The first-order chi connectivity index (χ1) is 25.8. The van der Waals surface area contributed by atoms with Crippen molar-refractivity contribution in [2.45, 2.75) is 213 Å². The van der Waals surface area contributed by atoms with Gasteiger partial charge in [-0.2, -0.15) is 0 Å². The fraction of sp³-hybridized carbons (Fsp3) is 0.953. The quantitative estimate of drug-likeness (QED) is 0.0370. The Kier molecular flexibility index (Phi) is 28.3. The van der Waals surface area contributed by atoms with Crippen LogP contribution < -0.4 is 10.6 Å². The van der Waals surface area contributed by atoms with Gasteiger partial charge in [0.15, 0.2) is 6.10 Å². The summed E-state index contributed by atoms with van der Waals surface area (Å²) in [6.07, 6.45) is 34.9.